The molecule has 0 fully saturated rings. The van der Waals surface area contributed by atoms with Crippen LogP contribution in [0.1, 0.15) is 30.0 Å². The Balaban J connectivity index is 1.91. The van der Waals surface area contributed by atoms with Crippen LogP contribution in [0.4, 0.5) is 5.69 Å². The molecular formula is C20H19ClN4O3. The number of aliphatic hydroxyl groups is 1. The lowest BCUT2D eigenvalue weighted by Gasteiger charge is -2.21. The second kappa shape index (κ2) is 8.30. The van der Waals surface area contributed by atoms with E-state index in [1.54, 1.807) is 39.2 Å². The maximum Gasteiger partial charge on any atom is 0.247 e. The minimum Gasteiger partial charge on any atom is -0.497 e. The van der Waals surface area contributed by atoms with Gasteiger partial charge in [-0.15, -0.1) is 10.2 Å². The minimum absolute atomic E-state index is 0.229. The molecule has 0 radical (unpaired) electrons. The summed E-state index contributed by atoms with van der Waals surface area (Å²) in [6, 6.07) is 12.0. The van der Waals surface area contributed by atoms with Crippen molar-refractivity contribution in [1.29, 1.82) is 5.26 Å². The van der Waals surface area contributed by atoms with Crippen molar-refractivity contribution >= 4 is 17.3 Å². The van der Waals surface area contributed by atoms with Crippen LogP contribution < -0.4 is 10.1 Å². The number of aliphatic hydroxyl groups excluding tert-OH is 1. The van der Waals surface area contributed by atoms with Crippen LogP contribution in [0, 0.1) is 18.3 Å². The van der Waals surface area contributed by atoms with Gasteiger partial charge in [-0.1, -0.05) is 17.7 Å². The van der Waals surface area contributed by atoms with Gasteiger partial charge in [-0.3, -0.25) is 0 Å². The molecule has 1 heterocycles. The van der Waals surface area contributed by atoms with Crippen LogP contribution in [-0.2, 0) is 0 Å². The first kappa shape index (κ1) is 19.7. The van der Waals surface area contributed by atoms with E-state index in [-0.39, 0.29) is 5.89 Å². The number of methoxy groups -OCH3 is 1. The van der Waals surface area contributed by atoms with Gasteiger partial charge in [0.1, 0.15) is 17.9 Å². The molecule has 144 valence electrons. The molecule has 2 aromatic carbocycles. The molecular weight excluding hydrogens is 380 g/mol. The summed E-state index contributed by atoms with van der Waals surface area (Å²) < 4.78 is 11.0. The van der Waals surface area contributed by atoms with Gasteiger partial charge in [-0.05, 0) is 49.7 Å². The fourth-order valence-electron chi connectivity index (χ4n) is 2.72. The Labute approximate surface area is 167 Å². The Kier molecular flexibility index (Phi) is 5.83. The van der Waals surface area contributed by atoms with Crippen LogP contribution >= 0.6 is 11.6 Å². The third kappa shape index (κ3) is 3.93. The predicted octanol–water partition coefficient (Wildman–Crippen LogP) is 4.11. The third-order valence-corrected chi connectivity index (χ3v) is 4.81. The summed E-state index contributed by atoms with van der Waals surface area (Å²) in [4.78, 5) is 0. The molecule has 0 spiro atoms. The van der Waals surface area contributed by atoms with Crippen molar-refractivity contribution < 1.29 is 14.3 Å². The summed E-state index contributed by atoms with van der Waals surface area (Å²) in [6.45, 7) is 3.41. The average molecular weight is 399 g/mol. The fourth-order valence-corrected chi connectivity index (χ4v) is 2.92. The van der Waals surface area contributed by atoms with E-state index in [2.05, 4.69) is 15.5 Å². The predicted molar refractivity (Wildman–Crippen MR) is 105 cm³/mol. The minimum atomic E-state index is -0.826. The normalized spacial score (nSPS) is 12.9. The topological polar surface area (TPSA) is 104 Å². The molecule has 0 unspecified atom stereocenters. The van der Waals surface area contributed by atoms with Crippen molar-refractivity contribution in [3.05, 3.63) is 58.4 Å². The highest BCUT2D eigenvalue weighted by atomic mass is 35.5. The highest BCUT2D eigenvalue weighted by Crippen LogP contribution is 2.31. The summed E-state index contributed by atoms with van der Waals surface area (Å²) in [6.07, 6.45) is -0.826. The molecule has 2 N–H and O–H groups in total. The number of nitrogens with one attached hydrogen (secondary N) is 1. The molecule has 7 nitrogen and oxygen atoms in total. The number of hydrogen-bond acceptors (Lipinski definition) is 7. The van der Waals surface area contributed by atoms with Gasteiger partial charge < -0.3 is 19.6 Å². The number of benzene rings is 2. The van der Waals surface area contributed by atoms with Crippen molar-refractivity contribution in [2.45, 2.75) is 26.0 Å². The maximum absolute atomic E-state index is 10.3. The van der Waals surface area contributed by atoms with Crippen molar-refractivity contribution in [2.24, 2.45) is 0 Å². The van der Waals surface area contributed by atoms with E-state index < -0.39 is 12.1 Å². The number of hydrogen-bond donors (Lipinski definition) is 2. The van der Waals surface area contributed by atoms with Gasteiger partial charge in [-0.25, -0.2) is 0 Å². The first-order valence-electron chi connectivity index (χ1n) is 8.56. The van der Waals surface area contributed by atoms with Crippen molar-refractivity contribution in [3.8, 4) is 23.3 Å². The Morgan fingerprint density at radius 1 is 1.29 bits per heavy atom. The molecule has 0 aliphatic rings. The molecule has 0 bridgehead atoms. The van der Waals surface area contributed by atoms with Crippen LogP contribution in [0.3, 0.4) is 0 Å². The van der Waals surface area contributed by atoms with Crippen molar-refractivity contribution in [2.75, 3.05) is 12.4 Å². The van der Waals surface area contributed by atoms with Gasteiger partial charge in [0, 0.05) is 11.3 Å². The van der Waals surface area contributed by atoms with Crippen LogP contribution in [0.2, 0.25) is 5.02 Å². The van der Waals surface area contributed by atoms with Crippen molar-refractivity contribution in [1.82, 2.24) is 10.2 Å². The first-order chi connectivity index (χ1) is 13.4. The van der Waals surface area contributed by atoms with Crippen LogP contribution in [0.15, 0.2) is 40.8 Å². The molecule has 0 aliphatic carbocycles. The van der Waals surface area contributed by atoms with Gasteiger partial charge in [0.05, 0.1) is 23.8 Å². The Hall–Kier alpha value is -3.08. The van der Waals surface area contributed by atoms with E-state index in [9.17, 15) is 5.11 Å². The zero-order valence-electron chi connectivity index (χ0n) is 15.6. The largest absolute Gasteiger partial charge is 0.497 e. The monoisotopic (exact) mass is 398 g/mol. The highest BCUT2D eigenvalue weighted by Gasteiger charge is 2.25. The fraction of sp³-hybridized carbons (Fsp3) is 0.250. The summed E-state index contributed by atoms with van der Waals surface area (Å²) in [7, 11) is 1.58. The third-order valence-electron chi connectivity index (χ3n) is 4.32. The van der Waals surface area contributed by atoms with E-state index in [0.29, 0.717) is 39.0 Å². The molecule has 0 saturated heterocycles. The molecule has 3 rings (SSSR count). The summed E-state index contributed by atoms with van der Waals surface area (Å²) in [5.41, 5.74) is 2.45. The lowest BCUT2D eigenvalue weighted by Crippen LogP contribution is -2.23. The number of nitrogens with zero attached hydrogens (tertiary/aromatic N) is 3. The lowest BCUT2D eigenvalue weighted by molar-refractivity contribution is 0.159. The van der Waals surface area contributed by atoms with Crippen LogP contribution in [-0.4, -0.2) is 28.5 Å². The summed E-state index contributed by atoms with van der Waals surface area (Å²) in [5.74, 6) is 1.22. The Bertz CT molecular complexity index is 1030. The smallest absolute Gasteiger partial charge is 0.247 e. The molecule has 2 atom stereocenters. The molecule has 28 heavy (non-hydrogen) atoms. The SMILES string of the molecule is COc1cccc(-c2nnc([C@H](Nc3ccc(C#N)c(Cl)c3C)[C@H](C)O)o2)c1. The second-order valence-corrected chi connectivity index (χ2v) is 6.63. The van der Waals surface area contributed by atoms with Gasteiger partial charge in [-0.2, -0.15) is 5.26 Å². The molecule has 1 aromatic heterocycles. The zero-order chi connectivity index (χ0) is 20.3. The molecule has 8 heteroatoms. The lowest BCUT2D eigenvalue weighted by atomic mass is 10.1. The van der Waals surface area contributed by atoms with Crippen molar-refractivity contribution in [3.63, 3.8) is 0 Å². The first-order valence-corrected chi connectivity index (χ1v) is 8.94. The van der Waals surface area contributed by atoms with Gasteiger partial charge in [0.25, 0.3) is 0 Å². The average Bonchev–Trinajstić information content (AvgIpc) is 3.18. The molecule has 3 aromatic rings. The number of anilines is 1. The van der Waals surface area contributed by atoms with Gasteiger partial charge in [0.15, 0.2) is 0 Å². The summed E-state index contributed by atoms with van der Waals surface area (Å²) >= 11 is 6.23. The maximum atomic E-state index is 10.3. The zero-order valence-corrected chi connectivity index (χ0v) is 16.4. The number of halogens is 1. The number of aromatic nitrogens is 2. The second-order valence-electron chi connectivity index (χ2n) is 6.25. The van der Waals surface area contributed by atoms with Gasteiger partial charge in [0.2, 0.25) is 11.8 Å². The molecule has 0 amide bonds. The van der Waals surface area contributed by atoms with E-state index in [4.69, 9.17) is 26.0 Å². The number of rotatable bonds is 6. The van der Waals surface area contributed by atoms with Gasteiger partial charge >= 0.3 is 0 Å². The van der Waals surface area contributed by atoms with E-state index in [1.807, 2.05) is 24.3 Å². The van der Waals surface area contributed by atoms with Crippen LogP contribution in [0.25, 0.3) is 11.5 Å². The Morgan fingerprint density at radius 2 is 2.07 bits per heavy atom. The quantitative estimate of drug-likeness (QED) is 0.643. The van der Waals surface area contributed by atoms with E-state index in [1.165, 1.54) is 0 Å². The summed E-state index contributed by atoms with van der Waals surface area (Å²) in [5, 5.41) is 31.1. The molecule has 0 aliphatic heterocycles. The molecule has 0 saturated carbocycles. The standard InChI is InChI=1S/C20H19ClN4O3/c1-11-16(8-7-14(10-22)17(11)21)23-18(12(2)26)20-25-24-19(28-20)13-5-4-6-15(9-13)27-3/h4-9,12,18,23,26H,1-3H3/t12-,18+/m0/s1. The van der Waals surface area contributed by atoms with Crippen LogP contribution in [0.5, 0.6) is 5.75 Å². The number of ether oxygens (including phenoxy) is 1. The number of nitriles is 1. The Morgan fingerprint density at radius 3 is 2.75 bits per heavy atom. The van der Waals surface area contributed by atoms with E-state index in [0.717, 1.165) is 0 Å². The highest BCUT2D eigenvalue weighted by molar-refractivity contribution is 6.32. The van der Waals surface area contributed by atoms with E-state index >= 15 is 0 Å².